The number of aliphatic carboxylic acids is 1. The van der Waals surface area contributed by atoms with Crippen molar-refractivity contribution in [3.63, 3.8) is 0 Å². The van der Waals surface area contributed by atoms with Crippen LogP contribution in [0.1, 0.15) is 32.3 Å². The fourth-order valence-electron chi connectivity index (χ4n) is 3.86. The minimum atomic E-state index is -0.708. The van der Waals surface area contributed by atoms with E-state index in [1.807, 2.05) is 13.8 Å². The molecule has 0 radical (unpaired) electrons. The van der Waals surface area contributed by atoms with Crippen LogP contribution in [-0.4, -0.2) is 63.6 Å². The number of aromatic nitrogens is 2. The molecule has 1 fully saturated rings. The summed E-state index contributed by atoms with van der Waals surface area (Å²) in [4.78, 5) is 26.1. The highest BCUT2D eigenvalue weighted by Crippen LogP contribution is 2.42. The van der Waals surface area contributed by atoms with Gasteiger partial charge < -0.3 is 15.3 Å². The number of nitrogens with one attached hydrogen (secondary N) is 1. The number of carboxylic acids is 1. The molecule has 160 valence electrons. The highest BCUT2D eigenvalue weighted by molar-refractivity contribution is 7.99. The Bertz CT molecular complexity index is 912. The summed E-state index contributed by atoms with van der Waals surface area (Å²) in [6.45, 7) is 9.68. The van der Waals surface area contributed by atoms with Gasteiger partial charge in [0, 0.05) is 50.0 Å². The molecule has 3 heterocycles. The van der Waals surface area contributed by atoms with Crippen LogP contribution in [0.25, 0.3) is 0 Å². The molecule has 1 aromatic carbocycles. The summed E-state index contributed by atoms with van der Waals surface area (Å²) in [5.41, 5.74) is 1.77. The summed E-state index contributed by atoms with van der Waals surface area (Å²) < 4.78 is 0. The molecule has 2 N–H and O–H groups in total. The molecule has 2 aliphatic heterocycles. The normalized spacial score (nSPS) is 17.1. The number of benzene rings is 1. The van der Waals surface area contributed by atoms with Crippen LogP contribution in [0.4, 0.5) is 11.5 Å². The molecule has 1 saturated heterocycles. The Hall–Kier alpha value is -2.16. The van der Waals surface area contributed by atoms with Gasteiger partial charge in [0.1, 0.15) is 5.03 Å². The van der Waals surface area contributed by atoms with Crippen molar-refractivity contribution in [3.05, 3.63) is 36.2 Å². The molecule has 1 aromatic heterocycles. The third kappa shape index (κ3) is 4.94. The lowest BCUT2D eigenvalue weighted by Gasteiger charge is -2.35. The fraction of sp³-hybridized carbons (Fsp3) is 0.500. The number of carbonyl (C=O) groups is 1. The third-order valence-corrected chi connectivity index (χ3v) is 6.96. The first-order chi connectivity index (χ1) is 14.4. The minimum absolute atomic E-state index is 0.632. The van der Waals surface area contributed by atoms with E-state index in [4.69, 9.17) is 0 Å². The molecule has 2 aromatic rings. The number of hydrogen-bond acceptors (Lipinski definition) is 7. The zero-order valence-electron chi connectivity index (χ0n) is 17.6. The molecular weight excluding hydrogens is 398 g/mol. The van der Waals surface area contributed by atoms with Crippen molar-refractivity contribution < 1.29 is 9.90 Å². The second kappa shape index (κ2) is 8.91. The first-order valence-corrected chi connectivity index (χ1v) is 11.3. The molecule has 0 saturated carbocycles. The highest BCUT2D eigenvalue weighted by Gasteiger charge is 2.27. The summed E-state index contributed by atoms with van der Waals surface area (Å²) in [6, 6.07) is 6.59. The second-order valence-corrected chi connectivity index (χ2v) is 9.71. The molecule has 0 atom stereocenters. The standard InChI is InChI=1S/C22H29N5O2S/c1-22(2,21(28)29)6-3-9-26-10-12-27(13-11-26)15-16-4-5-18-17(14-16)25-19-20(30-18)24-8-7-23-19/h4-5,7-8,14H,3,6,9-13,15H2,1-2H3,(H,23,25)(H,28,29). The van der Waals surface area contributed by atoms with Gasteiger partial charge in [0.05, 0.1) is 11.1 Å². The molecule has 0 spiro atoms. The van der Waals surface area contributed by atoms with Crippen molar-refractivity contribution in [1.82, 2.24) is 19.8 Å². The van der Waals surface area contributed by atoms with E-state index in [0.29, 0.717) is 0 Å². The molecule has 0 amide bonds. The van der Waals surface area contributed by atoms with Crippen LogP contribution >= 0.6 is 11.8 Å². The number of carboxylic acid groups (broad SMARTS) is 1. The van der Waals surface area contributed by atoms with Gasteiger partial charge >= 0.3 is 5.97 Å². The van der Waals surface area contributed by atoms with Crippen molar-refractivity contribution in [3.8, 4) is 0 Å². The number of rotatable bonds is 7. The first kappa shape index (κ1) is 21.1. The quantitative estimate of drug-likeness (QED) is 0.591. The lowest BCUT2D eigenvalue weighted by molar-refractivity contribution is -0.147. The monoisotopic (exact) mass is 427 g/mol. The fourth-order valence-corrected chi connectivity index (χ4v) is 4.74. The highest BCUT2D eigenvalue weighted by atomic mass is 32.2. The van der Waals surface area contributed by atoms with E-state index in [0.717, 1.165) is 68.6 Å². The van der Waals surface area contributed by atoms with E-state index in [1.165, 1.54) is 10.5 Å². The predicted octanol–water partition coefficient (Wildman–Crippen LogP) is 3.69. The molecule has 0 bridgehead atoms. The average molecular weight is 428 g/mol. The molecule has 8 heteroatoms. The maximum atomic E-state index is 11.2. The van der Waals surface area contributed by atoms with Crippen LogP contribution < -0.4 is 5.32 Å². The first-order valence-electron chi connectivity index (χ1n) is 10.5. The van der Waals surface area contributed by atoms with E-state index >= 15 is 0 Å². The maximum absolute atomic E-state index is 11.2. The van der Waals surface area contributed by atoms with Gasteiger partial charge in [-0.25, -0.2) is 9.97 Å². The molecule has 30 heavy (non-hydrogen) atoms. The average Bonchev–Trinajstić information content (AvgIpc) is 2.73. The van der Waals surface area contributed by atoms with Crippen LogP contribution in [-0.2, 0) is 11.3 Å². The van der Waals surface area contributed by atoms with E-state index in [2.05, 4.69) is 43.3 Å². The van der Waals surface area contributed by atoms with Gasteiger partial charge in [0.25, 0.3) is 0 Å². The Morgan fingerprint density at radius 3 is 2.67 bits per heavy atom. The van der Waals surface area contributed by atoms with Crippen molar-refractivity contribution >= 4 is 29.2 Å². The summed E-state index contributed by atoms with van der Waals surface area (Å²) in [5, 5.41) is 13.6. The largest absolute Gasteiger partial charge is 0.481 e. The third-order valence-electron chi connectivity index (χ3n) is 5.89. The lowest BCUT2D eigenvalue weighted by atomic mass is 9.88. The van der Waals surface area contributed by atoms with Gasteiger partial charge in [-0.05, 0) is 50.9 Å². The van der Waals surface area contributed by atoms with Gasteiger partial charge in [0.15, 0.2) is 5.82 Å². The number of nitrogens with zero attached hydrogens (tertiary/aromatic N) is 4. The molecule has 0 aliphatic carbocycles. The molecule has 2 aliphatic rings. The summed E-state index contributed by atoms with van der Waals surface area (Å²) in [5.74, 6) is 0.118. The summed E-state index contributed by atoms with van der Waals surface area (Å²) in [7, 11) is 0. The zero-order valence-corrected chi connectivity index (χ0v) is 18.4. The van der Waals surface area contributed by atoms with E-state index < -0.39 is 11.4 Å². The number of hydrogen-bond donors (Lipinski definition) is 2. The van der Waals surface area contributed by atoms with E-state index in [-0.39, 0.29) is 0 Å². The maximum Gasteiger partial charge on any atom is 0.309 e. The van der Waals surface area contributed by atoms with Crippen molar-refractivity contribution in [2.45, 2.75) is 43.2 Å². The van der Waals surface area contributed by atoms with Gasteiger partial charge in [-0.2, -0.15) is 0 Å². The van der Waals surface area contributed by atoms with Crippen molar-refractivity contribution in [2.24, 2.45) is 5.41 Å². The Balaban J connectivity index is 1.26. The Labute approximate surface area is 181 Å². The van der Waals surface area contributed by atoms with Crippen molar-refractivity contribution in [1.29, 1.82) is 0 Å². The van der Waals surface area contributed by atoms with Gasteiger partial charge in [-0.3, -0.25) is 9.69 Å². The van der Waals surface area contributed by atoms with Crippen LogP contribution in [0.5, 0.6) is 0 Å². The van der Waals surface area contributed by atoms with Crippen LogP contribution in [0.15, 0.2) is 40.5 Å². The molecular formula is C22H29N5O2S. The molecule has 0 unspecified atom stereocenters. The van der Waals surface area contributed by atoms with Crippen LogP contribution in [0.3, 0.4) is 0 Å². The number of anilines is 2. The Morgan fingerprint density at radius 2 is 1.90 bits per heavy atom. The van der Waals surface area contributed by atoms with Gasteiger partial charge in [-0.15, -0.1) is 0 Å². The second-order valence-electron chi connectivity index (χ2n) is 8.68. The zero-order chi connectivity index (χ0) is 21.1. The molecule has 4 rings (SSSR count). The lowest BCUT2D eigenvalue weighted by Crippen LogP contribution is -2.46. The Morgan fingerprint density at radius 1 is 1.17 bits per heavy atom. The summed E-state index contributed by atoms with van der Waals surface area (Å²) >= 11 is 1.66. The number of fused-ring (bicyclic) bond motifs is 2. The van der Waals surface area contributed by atoms with E-state index in [9.17, 15) is 9.90 Å². The predicted molar refractivity (Wildman–Crippen MR) is 118 cm³/mol. The smallest absolute Gasteiger partial charge is 0.309 e. The minimum Gasteiger partial charge on any atom is -0.481 e. The molecule has 7 nitrogen and oxygen atoms in total. The van der Waals surface area contributed by atoms with Crippen molar-refractivity contribution in [2.75, 3.05) is 38.0 Å². The Kier molecular flexibility index (Phi) is 6.26. The number of piperazine rings is 1. The van der Waals surface area contributed by atoms with E-state index in [1.54, 1.807) is 24.2 Å². The van der Waals surface area contributed by atoms with Gasteiger partial charge in [-0.1, -0.05) is 17.8 Å². The van der Waals surface area contributed by atoms with Crippen LogP contribution in [0, 0.1) is 5.41 Å². The topological polar surface area (TPSA) is 81.6 Å². The van der Waals surface area contributed by atoms with Gasteiger partial charge in [0.2, 0.25) is 0 Å². The summed E-state index contributed by atoms with van der Waals surface area (Å²) in [6.07, 6.45) is 5.08. The van der Waals surface area contributed by atoms with Crippen LogP contribution in [0.2, 0.25) is 0 Å². The SMILES string of the molecule is CC(C)(CCCN1CCN(Cc2ccc3c(c2)Nc2nccnc2S3)CC1)C(=O)O.